The monoisotopic (exact) mass is 205 g/mol. The molecule has 0 fully saturated rings. The molecule has 0 saturated heterocycles. The smallest absolute Gasteiger partial charge is 0.356 e. The second-order valence-corrected chi connectivity index (χ2v) is 2.67. The number of esters is 1. The number of pyridine rings is 1. The normalized spacial score (nSPS) is 10.9. The number of hydrogen-bond donors (Lipinski definition) is 2. The molecule has 0 atom stereocenters. The van der Waals surface area contributed by atoms with E-state index >= 15 is 0 Å². The lowest BCUT2D eigenvalue weighted by molar-refractivity contribution is 0.0594. The minimum atomic E-state index is -0.516. The highest BCUT2D eigenvalue weighted by Gasteiger charge is 2.08. The van der Waals surface area contributed by atoms with E-state index in [1.54, 1.807) is 12.1 Å². The first-order chi connectivity index (χ1) is 7.22. The number of hydrogen-bond acceptors (Lipinski definition) is 5. The molecule has 1 aromatic rings. The Hall–Kier alpha value is -2.17. The lowest BCUT2D eigenvalue weighted by Gasteiger charge is -2.02. The van der Waals surface area contributed by atoms with Crippen molar-refractivity contribution in [1.29, 1.82) is 5.41 Å². The molecule has 0 radical (unpaired) electrons. The summed E-state index contributed by atoms with van der Waals surface area (Å²) in [7, 11) is 1.28. The molecule has 0 aliphatic carbocycles. The van der Waals surface area contributed by atoms with Crippen molar-refractivity contribution >= 4 is 17.8 Å². The molecule has 0 saturated carbocycles. The highest BCUT2D eigenvalue weighted by molar-refractivity contribution is 6.07. The van der Waals surface area contributed by atoms with E-state index in [0.717, 1.165) is 6.21 Å². The maximum Gasteiger partial charge on any atom is 0.356 e. The first-order valence-corrected chi connectivity index (χ1v) is 4.21. The van der Waals surface area contributed by atoms with Crippen LogP contribution in [0, 0.1) is 5.41 Å². The van der Waals surface area contributed by atoms with Crippen LogP contribution in [0.1, 0.15) is 16.2 Å². The second kappa shape index (κ2) is 4.90. The minimum Gasteiger partial charge on any atom is -0.464 e. The van der Waals surface area contributed by atoms with E-state index in [2.05, 4.69) is 9.72 Å². The molecule has 15 heavy (non-hydrogen) atoms. The van der Waals surface area contributed by atoms with Gasteiger partial charge in [-0.2, -0.15) is 0 Å². The standard InChI is InChI=1S/C10H11N3O2/c1-15-10(14)9-4-2-3-8(13-9)7(5-11)6-12/h2-6,11H,12H2,1H3/b7-6+,11-5?. The number of methoxy groups -OCH3 is 1. The number of nitrogens with two attached hydrogens (primary N) is 1. The van der Waals surface area contributed by atoms with Crippen molar-refractivity contribution in [2.75, 3.05) is 7.11 Å². The van der Waals surface area contributed by atoms with Crippen molar-refractivity contribution in [2.45, 2.75) is 0 Å². The molecule has 0 aromatic carbocycles. The summed E-state index contributed by atoms with van der Waals surface area (Å²) in [5.41, 5.74) is 6.41. The molecular weight excluding hydrogens is 194 g/mol. The summed E-state index contributed by atoms with van der Waals surface area (Å²) in [4.78, 5) is 15.2. The summed E-state index contributed by atoms with van der Waals surface area (Å²) >= 11 is 0. The topological polar surface area (TPSA) is 89.1 Å². The van der Waals surface area contributed by atoms with Crippen molar-refractivity contribution < 1.29 is 9.53 Å². The van der Waals surface area contributed by atoms with E-state index in [1.807, 2.05) is 0 Å². The molecule has 78 valence electrons. The van der Waals surface area contributed by atoms with Crippen molar-refractivity contribution in [3.8, 4) is 0 Å². The summed E-state index contributed by atoms with van der Waals surface area (Å²) in [6.07, 6.45) is 2.33. The fourth-order valence-corrected chi connectivity index (χ4v) is 1.02. The predicted molar refractivity (Wildman–Crippen MR) is 56.5 cm³/mol. The zero-order valence-corrected chi connectivity index (χ0v) is 8.23. The van der Waals surface area contributed by atoms with Crippen LogP contribution in [0.2, 0.25) is 0 Å². The second-order valence-electron chi connectivity index (χ2n) is 2.67. The molecule has 1 heterocycles. The Morgan fingerprint density at radius 2 is 2.20 bits per heavy atom. The van der Waals surface area contributed by atoms with Crippen LogP contribution >= 0.6 is 0 Å². The molecule has 0 aliphatic heterocycles. The van der Waals surface area contributed by atoms with Crippen LogP contribution in [0.4, 0.5) is 0 Å². The van der Waals surface area contributed by atoms with E-state index in [-0.39, 0.29) is 5.69 Å². The Morgan fingerprint density at radius 3 is 2.73 bits per heavy atom. The van der Waals surface area contributed by atoms with Gasteiger partial charge < -0.3 is 15.9 Å². The zero-order chi connectivity index (χ0) is 11.3. The van der Waals surface area contributed by atoms with Gasteiger partial charge in [0.2, 0.25) is 0 Å². The maximum absolute atomic E-state index is 11.2. The number of aromatic nitrogens is 1. The molecule has 0 amide bonds. The molecule has 5 heteroatoms. The molecule has 1 aromatic heterocycles. The summed E-state index contributed by atoms with van der Waals surface area (Å²) < 4.78 is 4.53. The van der Waals surface area contributed by atoms with E-state index in [9.17, 15) is 4.79 Å². The average molecular weight is 205 g/mol. The molecule has 0 bridgehead atoms. The van der Waals surface area contributed by atoms with Gasteiger partial charge in [0.15, 0.2) is 0 Å². The van der Waals surface area contributed by atoms with Gasteiger partial charge in [-0.05, 0) is 12.1 Å². The maximum atomic E-state index is 11.2. The van der Waals surface area contributed by atoms with Crippen molar-refractivity contribution in [2.24, 2.45) is 5.73 Å². The Balaban J connectivity index is 3.12. The summed E-state index contributed by atoms with van der Waals surface area (Å²) in [5.74, 6) is -0.516. The molecule has 0 aliphatic rings. The lowest BCUT2D eigenvalue weighted by atomic mass is 10.2. The summed E-state index contributed by atoms with van der Waals surface area (Å²) in [6.45, 7) is 0. The van der Waals surface area contributed by atoms with Crippen LogP contribution in [-0.4, -0.2) is 24.3 Å². The zero-order valence-electron chi connectivity index (χ0n) is 8.23. The number of carbonyl (C=O) groups is 1. The molecule has 5 nitrogen and oxygen atoms in total. The van der Waals surface area contributed by atoms with Gasteiger partial charge in [0, 0.05) is 18.0 Å². The highest BCUT2D eigenvalue weighted by Crippen LogP contribution is 2.09. The lowest BCUT2D eigenvalue weighted by Crippen LogP contribution is -2.06. The third-order valence-electron chi connectivity index (χ3n) is 1.77. The van der Waals surface area contributed by atoms with Crippen LogP contribution in [0.25, 0.3) is 5.57 Å². The summed E-state index contributed by atoms with van der Waals surface area (Å²) in [5, 5.41) is 7.09. The van der Waals surface area contributed by atoms with E-state index in [4.69, 9.17) is 11.1 Å². The minimum absolute atomic E-state index is 0.191. The predicted octanol–water partition coefficient (Wildman–Crippen LogP) is 0.817. The molecular formula is C10H11N3O2. The van der Waals surface area contributed by atoms with Crippen molar-refractivity contribution in [1.82, 2.24) is 4.98 Å². The number of ether oxygens (including phenoxy) is 1. The number of allylic oxidation sites excluding steroid dienone is 1. The van der Waals surface area contributed by atoms with Gasteiger partial charge in [-0.3, -0.25) is 0 Å². The third kappa shape index (κ3) is 2.40. The Kier molecular flexibility index (Phi) is 3.56. The van der Waals surface area contributed by atoms with Gasteiger partial charge in [-0.1, -0.05) is 6.07 Å². The van der Waals surface area contributed by atoms with Gasteiger partial charge in [0.05, 0.1) is 12.8 Å². The quantitative estimate of drug-likeness (QED) is 0.564. The Morgan fingerprint density at radius 1 is 1.53 bits per heavy atom. The van der Waals surface area contributed by atoms with Crippen LogP contribution < -0.4 is 5.73 Å². The first-order valence-electron chi connectivity index (χ1n) is 4.21. The van der Waals surface area contributed by atoms with Crippen molar-refractivity contribution in [3.05, 3.63) is 35.8 Å². The van der Waals surface area contributed by atoms with Gasteiger partial charge in [0.25, 0.3) is 0 Å². The largest absolute Gasteiger partial charge is 0.464 e. The molecule has 0 spiro atoms. The molecule has 0 unspecified atom stereocenters. The number of rotatable bonds is 3. The fourth-order valence-electron chi connectivity index (χ4n) is 1.02. The third-order valence-corrected chi connectivity index (χ3v) is 1.77. The van der Waals surface area contributed by atoms with E-state index in [0.29, 0.717) is 11.3 Å². The van der Waals surface area contributed by atoms with Gasteiger partial charge in [-0.25, -0.2) is 9.78 Å². The first kappa shape index (κ1) is 10.9. The molecule has 1 rings (SSSR count). The van der Waals surface area contributed by atoms with Gasteiger partial charge in [-0.15, -0.1) is 0 Å². The van der Waals surface area contributed by atoms with Gasteiger partial charge in [0.1, 0.15) is 5.69 Å². The Bertz CT molecular complexity index is 413. The number of carbonyl (C=O) groups excluding carboxylic acids is 1. The van der Waals surface area contributed by atoms with Gasteiger partial charge >= 0.3 is 5.97 Å². The molecule has 3 N–H and O–H groups in total. The SMILES string of the molecule is COC(=O)c1cccc(/C(C=N)=C/N)n1. The van der Waals surface area contributed by atoms with Crippen LogP contribution in [-0.2, 0) is 4.74 Å². The Labute approximate surface area is 87.1 Å². The van der Waals surface area contributed by atoms with Crippen molar-refractivity contribution in [3.63, 3.8) is 0 Å². The number of nitrogens with one attached hydrogen (secondary N) is 1. The van der Waals surface area contributed by atoms with Crippen LogP contribution in [0.3, 0.4) is 0 Å². The van der Waals surface area contributed by atoms with Crippen LogP contribution in [0.5, 0.6) is 0 Å². The highest BCUT2D eigenvalue weighted by atomic mass is 16.5. The van der Waals surface area contributed by atoms with E-state index in [1.165, 1.54) is 19.4 Å². The fraction of sp³-hybridized carbons (Fsp3) is 0.100. The number of nitrogens with zero attached hydrogens (tertiary/aromatic N) is 1. The van der Waals surface area contributed by atoms with E-state index < -0.39 is 5.97 Å². The van der Waals surface area contributed by atoms with Crippen LogP contribution in [0.15, 0.2) is 24.4 Å². The summed E-state index contributed by atoms with van der Waals surface area (Å²) in [6, 6.07) is 4.85. The average Bonchev–Trinajstić information content (AvgIpc) is 2.30.